The molecule has 5 rings (SSSR count). The van der Waals surface area contributed by atoms with Crippen molar-refractivity contribution in [3.05, 3.63) is 41.7 Å². The second kappa shape index (κ2) is 7.75. The van der Waals surface area contributed by atoms with Gasteiger partial charge in [-0.1, -0.05) is 0 Å². The molecule has 3 aliphatic rings. The zero-order valence-corrected chi connectivity index (χ0v) is 17.0. The molecule has 30 heavy (non-hydrogen) atoms. The number of carboxylic acid groups (broad SMARTS) is 1. The zero-order valence-electron chi connectivity index (χ0n) is 17.0. The summed E-state index contributed by atoms with van der Waals surface area (Å²) in [7, 11) is 0. The van der Waals surface area contributed by atoms with Crippen LogP contribution in [0.5, 0.6) is 0 Å². The highest BCUT2D eigenvalue weighted by atomic mass is 16.4. The van der Waals surface area contributed by atoms with Gasteiger partial charge in [-0.3, -0.25) is 9.69 Å². The maximum Gasteiger partial charge on any atom is 0.407 e. The summed E-state index contributed by atoms with van der Waals surface area (Å²) in [4.78, 5) is 26.7. The molecule has 8 heteroatoms. The molecule has 3 fully saturated rings. The molecule has 2 heterocycles. The lowest BCUT2D eigenvalue weighted by Gasteiger charge is -2.32. The number of nitrogens with one attached hydrogen (secondary N) is 1. The number of hydrogen-bond acceptors (Lipinski definition) is 4. The second-order valence-electron chi connectivity index (χ2n) is 8.60. The first-order chi connectivity index (χ1) is 14.6. The predicted molar refractivity (Wildman–Crippen MR) is 112 cm³/mol. The van der Waals surface area contributed by atoms with Crippen LogP contribution in [0.25, 0.3) is 5.69 Å². The first-order valence-electron chi connectivity index (χ1n) is 10.8. The van der Waals surface area contributed by atoms with Gasteiger partial charge in [0.05, 0.1) is 17.9 Å². The quantitative estimate of drug-likeness (QED) is 0.766. The van der Waals surface area contributed by atoms with E-state index in [0.717, 1.165) is 11.4 Å². The van der Waals surface area contributed by atoms with Crippen LogP contribution < -0.4 is 5.32 Å². The van der Waals surface area contributed by atoms with Gasteiger partial charge in [-0.05, 0) is 56.0 Å². The fraction of sp³-hybridized carbons (Fsp3) is 0.500. The van der Waals surface area contributed by atoms with Gasteiger partial charge in [-0.25, -0.2) is 9.48 Å². The summed E-state index contributed by atoms with van der Waals surface area (Å²) in [6.45, 7) is 2.29. The molecule has 0 unspecified atom stereocenters. The first kappa shape index (κ1) is 19.1. The lowest BCUT2D eigenvalue weighted by Crippen LogP contribution is -2.50. The molecular formula is C22H27N5O3. The van der Waals surface area contributed by atoms with Crippen LogP contribution in [0.1, 0.15) is 48.9 Å². The molecular weight excluding hydrogens is 382 g/mol. The number of aromatic nitrogens is 2. The number of benzene rings is 1. The van der Waals surface area contributed by atoms with Gasteiger partial charge in [0, 0.05) is 49.4 Å². The van der Waals surface area contributed by atoms with Gasteiger partial charge < -0.3 is 15.3 Å². The van der Waals surface area contributed by atoms with Gasteiger partial charge in [-0.15, -0.1) is 0 Å². The number of hydrogen-bond donors (Lipinski definition) is 2. The van der Waals surface area contributed by atoms with E-state index in [1.54, 1.807) is 0 Å². The van der Waals surface area contributed by atoms with Crippen LogP contribution in [-0.2, 0) is 4.79 Å². The van der Waals surface area contributed by atoms with Crippen molar-refractivity contribution >= 4 is 17.7 Å². The fourth-order valence-electron chi connectivity index (χ4n) is 4.06. The second-order valence-corrected chi connectivity index (χ2v) is 8.60. The Morgan fingerprint density at radius 1 is 1.00 bits per heavy atom. The van der Waals surface area contributed by atoms with Crippen LogP contribution in [0.2, 0.25) is 0 Å². The Kier molecular flexibility index (Phi) is 4.94. The van der Waals surface area contributed by atoms with Crippen LogP contribution in [0.15, 0.2) is 30.3 Å². The zero-order chi connectivity index (χ0) is 20.7. The van der Waals surface area contributed by atoms with Crippen molar-refractivity contribution in [2.75, 3.05) is 38.0 Å². The van der Waals surface area contributed by atoms with Crippen molar-refractivity contribution in [1.82, 2.24) is 19.6 Å². The third-order valence-corrected chi connectivity index (χ3v) is 6.15. The van der Waals surface area contributed by atoms with Gasteiger partial charge in [0.25, 0.3) is 0 Å². The number of nitrogens with zero attached hydrogens (tertiary/aromatic N) is 4. The number of carbonyl (C=O) groups excluding carboxylic acids is 1. The summed E-state index contributed by atoms with van der Waals surface area (Å²) in [6.07, 6.45) is 4.08. The molecule has 2 saturated carbocycles. The van der Waals surface area contributed by atoms with Crippen molar-refractivity contribution in [3.63, 3.8) is 0 Å². The van der Waals surface area contributed by atoms with E-state index in [0.29, 0.717) is 38.0 Å². The molecule has 0 spiro atoms. The third-order valence-electron chi connectivity index (χ3n) is 6.15. The molecule has 8 nitrogen and oxygen atoms in total. The first-order valence-corrected chi connectivity index (χ1v) is 10.8. The molecule has 1 saturated heterocycles. The van der Waals surface area contributed by atoms with E-state index in [9.17, 15) is 9.59 Å². The Bertz CT molecular complexity index is 938. The molecule has 1 aromatic carbocycles. The highest BCUT2D eigenvalue weighted by molar-refractivity contribution is 5.92. The van der Waals surface area contributed by atoms with E-state index in [2.05, 4.69) is 16.1 Å². The summed E-state index contributed by atoms with van der Waals surface area (Å²) in [5.41, 5.74) is 4.33. The monoisotopic (exact) mass is 409 g/mol. The van der Waals surface area contributed by atoms with Gasteiger partial charge in [0.1, 0.15) is 0 Å². The summed E-state index contributed by atoms with van der Waals surface area (Å²) >= 11 is 0. The van der Waals surface area contributed by atoms with E-state index >= 15 is 0 Å². The molecule has 1 aliphatic heterocycles. The van der Waals surface area contributed by atoms with Crippen LogP contribution in [0.3, 0.4) is 0 Å². The molecule has 0 atom stereocenters. The predicted octanol–water partition coefficient (Wildman–Crippen LogP) is 2.86. The number of amides is 2. The minimum Gasteiger partial charge on any atom is -0.465 e. The van der Waals surface area contributed by atoms with Crippen molar-refractivity contribution < 1.29 is 14.7 Å². The average molecular weight is 409 g/mol. The van der Waals surface area contributed by atoms with Crippen LogP contribution in [0.4, 0.5) is 10.5 Å². The molecule has 2 amide bonds. The van der Waals surface area contributed by atoms with Crippen molar-refractivity contribution in [1.29, 1.82) is 0 Å². The molecule has 1 aromatic heterocycles. The highest BCUT2D eigenvalue weighted by Crippen LogP contribution is 2.45. The van der Waals surface area contributed by atoms with Gasteiger partial charge >= 0.3 is 6.09 Å². The topological polar surface area (TPSA) is 90.7 Å². The normalized spacial score (nSPS) is 19.7. The van der Waals surface area contributed by atoms with Crippen molar-refractivity contribution in [2.45, 2.75) is 37.5 Å². The number of rotatable bonds is 6. The summed E-state index contributed by atoms with van der Waals surface area (Å²) in [5.74, 6) is 1.19. The molecule has 2 aliphatic carbocycles. The number of carbonyl (C=O) groups is 2. The van der Waals surface area contributed by atoms with Crippen LogP contribution >= 0.6 is 0 Å². The summed E-state index contributed by atoms with van der Waals surface area (Å²) < 4.78 is 2.08. The molecule has 0 radical (unpaired) electrons. The maximum atomic E-state index is 12.4. The Morgan fingerprint density at radius 2 is 1.67 bits per heavy atom. The highest BCUT2D eigenvalue weighted by Gasteiger charge is 2.33. The van der Waals surface area contributed by atoms with Gasteiger partial charge in [0.2, 0.25) is 5.91 Å². The maximum absolute atomic E-state index is 12.4. The lowest BCUT2D eigenvalue weighted by atomic mass is 10.2. The minimum absolute atomic E-state index is 0.0831. The standard InChI is InChI=1S/C22H27N5O3/c28-21(14-25-9-11-26(12-10-25)22(29)30)23-17-5-7-18(8-6-17)27-20(16-3-4-16)13-19(24-27)15-1-2-15/h5-8,13,15-16H,1-4,9-12,14H2,(H,23,28)(H,29,30). The van der Waals surface area contributed by atoms with E-state index in [1.807, 2.05) is 29.2 Å². The summed E-state index contributed by atoms with van der Waals surface area (Å²) in [6, 6.07) is 10.2. The fourth-order valence-corrected chi connectivity index (χ4v) is 4.06. The smallest absolute Gasteiger partial charge is 0.407 e. The van der Waals surface area contributed by atoms with E-state index in [4.69, 9.17) is 10.2 Å². The Labute approximate surface area is 175 Å². The Balaban J connectivity index is 1.20. The average Bonchev–Trinajstić information content (AvgIpc) is 3.67. The summed E-state index contributed by atoms with van der Waals surface area (Å²) in [5, 5.41) is 16.8. The van der Waals surface area contributed by atoms with Gasteiger partial charge in [0.15, 0.2) is 0 Å². The molecule has 0 bridgehead atoms. The largest absolute Gasteiger partial charge is 0.465 e. The van der Waals surface area contributed by atoms with E-state index < -0.39 is 6.09 Å². The molecule has 2 N–H and O–H groups in total. The van der Waals surface area contributed by atoms with Crippen molar-refractivity contribution in [2.24, 2.45) is 0 Å². The molecule has 2 aromatic rings. The number of anilines is 1. The van der Waals surface area contributed by atoms with E-state index in [1.165, 1.54) is 42.0 Å². The third kappa shape index (κ3) is 4.18. The lowest BCUT2D eigenvalue weighted by molar-refractivity contribution is -0.117. The van der Waals surface area contributed by atoms with E-state index in [-0.39, 0.29) is 12.5 Å². The Hall–Kier alpha value is -2.87. The Morgan fingerprint density at radius 3 is 2.27 bits per heavy atom. The minimum atomic E-state index is -0.898. The van der Waals surface area contributed by atoms with Gasteiger partial charge in [-0.2, -0.15) is 5.10 Å². The van der Waals surface area contributed by atoms with Crippen molar-refractivity contribution in [3.8, 4) is 5.69 Å². The molecule has 158 valence electrons. The van der Waals surface area contributed by atoms with Crippen LogP contribution in [0, 0.1) is 0 Å². The SMILES string of the molecule is O=C(CN1CCN(C(=O)O)CC1)Nc1ccc(-n2nc(C3CC3)cc2C2CC2)cc1. The van der Waals surface area contributed by atoms with Crippen LogP contribution in [-0.4, -0.2) is 69.4 Å². The number of piperazine rings is 1.